The van der Waals surface area contributed by atoms with Gasteiger partial charge < -0.3 is 5.32 Å². The van der Waals surface area contributed by atoms with Crippen molar-refractivity contribution in [2.75, 3.05) is 5.32 Å². The van der Waals surface area contributed by atoms with Crippen LogP contribution in [0.2, 0.25) is 0 Å². The van der Waals surface area contributed by atoms with Crippen molar-refractivity contribution in [2.45, 2.75) is 25.2 Å². The van der Waals surface area contributed by atoms with E-state index in [0.717, 1.165) is 9.39 Å². The van der Waals surface area contributed by atoms with E-state index >= 15 is 0 Å². The van der Waals surface area contributed by atoms with Crippen LogP contribution in [-0.2, 0) is 11.2 Å². The summed E-state index contributed by atoms with van der Waals surface area (Å²) in [4.78, 5) is 16.2. The normalized spacial score (nSPS) is 14.1. The SMILES string of the molecule is O=C(Cc1cc(C2CC2)ccn1)Nc1ccc(I)nn1. The van der Waals surface area contributed by atoms with Gasteiger partial charge in [0.15, 0.2) is 5.82 Å². The Morgan fingerprint density at radius 2 is 2.15 bits per heavy atom. The Hall–Kier alpha value is -1.57. The molecule has 0 unspecified atom stereocenters. The van der Waals surface area contributed by atoms with Gasteiger partial charge in [-0.3, -0.25) is 9.78 Å². The van der Waals surface area contributed by atoms with Crippen LogP contribution in [0.3, 0.4) is 0 Å². The van der Waals surface area contributed by atoms with Crippen LogP contribution in [0.4, 0.5) is 5.82 Å². The molecular weight excluding hydrogens is 367 g/mol. The van der Waals surface area contributed by atoms with Crippen molar-refractivity contribution < 1.29 is 4.79 Å². The molecule has 1 saturated carbocycles. The van der Waals surface area contributed by atoms with E-state index in [1.807, 2.05) is 12.1 Å². The summed E-state index contributed by atoms with van der Waals surface area (Å²) in [6.07, 6.45) is 4.52. The van der Waals surface area contributed by atoms with Gasteiger partial charge in [-0.1, -0.05) is 0 Å². The summed E-state index contributed by atoms with van der Waals surface area (Å²) < 4.78 is 0.791. The topological polar surface area (TPSA) is 67.8 Å². The summed E-state index contributed by atoms with van der Waals surface area (Å²) in [6.45, 7) is 0. The molecule has 6 heteroatoms. The third-order valence-corrected chi connectivity index (χ3v) is 3.71. The van der Waals surface area contributed by atoms with E-state index < -0.39 is 0 Å². The molecule has 0 saturated heterocycles. The maximum absolute atomic E-state index is 11.9. The molecule has 2 aromatic rings. The number of nitrogens with one attached hydrogen (secondary N) is 1. The number of hydrogen-bond donors (Lipinski definition) is 1. The number of amides is 1. The third kappa shape index (κ3) is 3.50. The Balaban J connectivity index is 1.63. The molecule has 0 bridgehead atoms. The van der Waals surface area contributed by atoms with Crippen LogP contribution >= 0.6 is 22.6 Å². The summed E-state index contributed by atoms with van der Waals surface area (Å²) in [5, 5.41) is 10.5. The van der Waals surface area contributed by atoms with Crippen LogP contribution in [0.15, 0.2) is 30.5 Å². The average Bonchev–Trinajstić information content (AvgIpc) is 3.26. The lowest BCUT2D eigenvalue weighted by Crippen LogP contribution is -2.16. The van der Waals surface area contributed by atoms with Gasteiger partial charge in [-0.05, 0) is 71.2 Å². The molecule has 3 rings (SSSR count). The molecule has 2 aromatic heterocycles. The molecule has 20 heavy (non-hydrogen) atoms. The molecule has 1 aliphatic carbocycles. The first-order valence-corrected chi connectivity index (χ1v) is 7.52. The quantitative estimate of drug-likeness (QED) is 0.828. The van der Waals surface area contributed by atoms with Crippen LogP contribution < -0.4 is 5.32 Å². The summed E-state index contributed by atoms with van der Waals surface area (Å²) >= 11 is 2.07. The fourth-order valence-electron chi connectivity index (χ4n) is 2.00. The zero-order valence-corrected chi connectivity index (χ0v) is 12.9. The predicted octanol–water partition coefficient (Wildman–Crippen LogP) is 2.53. The standard InChI is InChI=1S/C14H13IN4O/c15-12-3-4-13(19-18-12)17-14(20)8-11-7-10(5-6-16-11)9-1-2-9/h3-7,9H,1-2,8H2,(H,17,19,20). The highest BCUT2D eigenvalue weighted by Crippen LogP contribution is 2.39. The maximum Gasteiger partial charge on any atom is 0.231 e. The second-order valence-corrected chi connectivity index (χ2v) is 5.93. The number of carbonyl (C=O) groups excluding carboxylic acids is 1. The van der Waals surface area contributed by atoms with E-state index in [1.54, 1.807) is 18.3 Å². The molecule has 0 radical (unpaired) electrons. The predicted molar refractivity (Wildman–Crippen MR) is 83.3 cm³/mol. The van der Waals surface area contributed by atoms with Crippen LogP contribution in [0.5, 0.6) is 0 Å². The second kappa shape index (κ2) is 5.82. The molecule has 102 valence electrons. The highest BCUT2D eigenvalue weighted by Gasteiger charge is 2.23. The number of aromatic nitrogens is 3. The molecule has 1 N–H and O–H groups in total. The highest BCUT2D eigenvalue weighted by atomic mass is 127. The number of nitrogens with zero attached hydrogens (tertiary/aromatic N) is 3. The zero-order valence-electron chi connectivity index (χ0n) is 10.7. The first kappa shape index (κ1) is 13.4. The summed E-state index contributed by atoms with van der Waals surface area (Å²) in [5.41, 5.74) is 2.09. The highest BCUT2D eigenvalue weighted by molar-refractivity contribution is 14.1. The van der Waals surface area contributed by atoms with E-state index in [0.29, 0.717) is 11.7 Å². The lowest BCUT2D eigenvalue weighted by Gasteiger charge is -2.05. The largest absolute Gasteiger partial charge is 0.309 e. The van der Waals surface area contributed by atoms with Crippen molar-refractivity contribution >= 4 is 34.3 Å². The summed E-state index contributed by atoms with van der Waals surface area (Å²) in [5.74, 6) is 1.01. The molecule has 1 fully saturated rings. The Morgan fingerprint density at radius 3 is 2.85 bits per heavy atom. The number of halogens is 1. The number of rotatable bonds is 4. The minimum atomic E-state index is -0.124. The van der Waals surface area contributed by atoms with Gasteiger partial charge in [-0.15, -0.1) is 10.2 Å². The van der Waals surface area contributed by atoms with E-state index in [-0.39, 0.29) is 12.3 Å². The third-order valence-electron chi connectivity index (χ3n) is 3.13. The van der Waals surface area contributed by atoms with Gasteiger partial charge in [0.05, 0.1) is 6.42 Å². The molecule has 1 aliphatic rings. The average molecular weight is 380 g/mol. The minimum Gasteiger partial charge on any atom is -0.309 e. The van der Waals surface area contributed by atoms with E-state index in [4.69, 9.17) is 0 Å². The maximum atomic E-state index is 11.9. The second-order valence-electron chi connectivity index (χ2n) is 4.82. The molecule has 5 nitrogen and oxygen atoms in total. The van der Waals surface area contributed by atoms with Crippen LogP contribution in [0.1, 0.15) is 30.0 Å². The number of carbonyl (C=O) groups is 1. The van der Waals surface area contributed by atoms with Crippen molar-refractivity contribution in [3.8, 4) is 0 Å². The van der Waals surface area contributed by atoms with Crippen LogP contribution in [0.25, 0.3) is 0 Å². The van der Waals surface area contributed by atoms with Gasteiger partial charge in [0.1, 0.15) is 3.70 Å². The molecule has 0 spiro atoms. The monoisotopic (exact) mass is 380 g/mol. The first-order chi connectivity index (χ1) is 9.70. The summed E-state index contributed by atoms with van der Waals surface area (Å²) in [6, 6.07) is 7.59. The van der Waals surface area contributed by atoms with Gasteiger partial charge in [0.25, 0.3) is 0 Å². The smallest absolute Gasteiger partial charge is 0.231 e. The van der Waals surface area contributed by atoms with Crippen molar-refractivity contribution in [3.05, 3.63) is 45.4 Å². The molecule has 0 aromatic carbocycles. The lowest BCUT2D eigenvalue weighted by atomic mass is 10.1. The van der Waals surface area contributed by atoms with Crippen molar-refractivity contribution in [2.24, 2.45) is 0 Å². The fourth-order valence-corrected chi connectivity index (χ4v) is 2.29. The fraction of sp³-hybridized carbons (Fsp3) is 0.286. The van der Waals surface area contributed by atoms with E-state index in [1.165, 1.54) is 18.4 Å². The Labute approximate surface area is 130 Å². The molecule has 0 atom stereocenters. The summed E-state index contributed by atoms with van der Waals surface area (Å²) in [7, 11) is 0. The minimum absolute atomic E-state index is 0.124. The van der Waals surface area contributed by atoms with E-state index in [2.05, 4.69) is 43.1 Å². The van der Waals surface area contributed by atoms with Gasteiger partial charge in [0, 0.05) is 11.9 Å². The van der Waals surface area contributed by atoms with Crippen molar-refractivity contribution in [1.82, 2.24) is 15.2 Å². The molecule has 2 heterocycles. The Kier molecular flexibility index (Phi) is 3.90. The first-order valence-electron chi connectivity index (χ1n) is 6.44. The Morgan fingerprint density at radius 1 is 1.30 bits per heavy atom. The number of hydrogen-bond acceptors (Lipinski definition) is 4. The van der Waals surface area contributed by atoms with Crippen molar-refractivity contribution in [1.29, 1.82) is 0 Å². The molecule has 0 aliphatic heterocycles. The van der Waals surface area contributed by atoms with Gasteiger partial charge >= 0.3 is 0 Å². The van der Waals surface area contributed by atoms with Gasteiger partial charge in [0.2, 0.25) is 5.91 Å². The van der Waals surface area contributed by atoms with E-state index in [9.17, 15) is 4.79 Å². The van der Waals surface area contributed by atoms with Gasteiger partial charge in [-0.25, -0.2) is 0 Å². The number of pyridine rings is 1. The Bertz CT molecular complexity index is 625. The molecule has 1 amide bonds. The van der Waals surface area contributed by atoms with Gasteiger partial charge in [-0.2, -0.15) is 0 Å². The zero-order chi connectivity index (χ0) is 13.9. The van der Waals surface area contributed by atoms with Crippen LogP contribution in [-0.4, -0.2) is 21.1 Å². The van der Waals surface area contributed by atoms with Crippen molar-refractivity contribution in [3.63, 3.8) is 0 Å². The number of anilines is 1. The van der Waals surface area contributed by atoms with Crippen LogP contribution in [0, 0.1) is 3.70 Å². The lowest BCUT2D eigenvalue weighted by molar-refractivity contribution is -0.115. The molecular formula is C14H13IN4O.